The Bertz CT molecular complexity index is 163. The molecule has 0 unspecified atom stereocenters. The molecule has 1 N–H and O–H groups in total. The van der Waals surface area contributed by atoms with Crippen LogP contribution in [0, 0.1) is 0 Å². The average molecular weight is 294 g/mol. The molecule has 2 aliphatic heterocycles. The van der Waals surface area contributed by atoms with Crippen molar-refractivity contribution in [2.45, 2.75) is 61.0 Å². The van der Waals surface area contributed by atoms with Crippen LogP contribution in [0.15, 0.2) is 0 Å². The molecule has 0 atom stereocenters. The molecule has 0 aromatic heterocycles. The second-order valence-corrected chi connectivity index (χ2v) is 7.76. The molecule has 0 aromatic rings. The molecule has 0 aliphatic carbocycles. The van der Waals surface area contributed by atoms with E-state index in [4.69, 9.17) is 0 Å². The van der Waals surface area contributed by atoms with Gasteiger partial charge in [-0.15, -0.1) is 0 Å². The Morgan fingerprint density at radius 2 is 1.77 bits per heavy atom. The minimum atomic E-state index is 0.374. The van der Waals surface area contributed by atoms with Crippen molar-refractivity contribution in [1.82, 2.24) is 5.32 Å². The predicted molar refractivity (Wildman–Crippen MR) is 52.5 cm³/mol. The van der Waals surface area contributed by atoms with Crippen molar-refractivity contribution in [2.75, 3.05) is 4.93 Å². The van der Waals surface area contributed by atoms with E-state index in [2.05, 4.69) is 17.2 Å². The van der Waals surface area contributed by atoms with Crippen LogP contribution in [0.2, 0.25) is 0 Å². The first-order valence-corrected chi connectivity index (χ1v) is 8.78. The first-order valence-electron chi connectivity index (χ1n) is 5.54. The van der Waals surface area contributed by atoms with Gasteiger partial charge in [-0.3, -0.25) is 0 Å². The van der Waals surface area contributed by atoms with Gasteiger partial charge in [0.2, 0.25) is 0 Å². The zero-order chi connectivity index (χ0) is 9.36. The summed E-state index contributed by atoms with van der Waals surface area (Å²) in [7, 11) is 0. The summed E-state index contributed by atoms with van der Waals surface area (Å²) in [5, 5.41) is 4.03. The number of halogens is 1. The molecular weight excluding hydrogens is 273 g/mol. The van der Waals surface area contributed by atoms with Gasteiger partial charge in [-0.2, -0.15) is 0 Å². The van der Waals surface area contributed by atoms with Gasteiger partial charge in [-0.05, 0) is 0 Å². The van der Waals surface area contributed by atoms with Gasteiger partial charge in [0.1, 0.15) is 0 Å². The molecule has 2 saturated heterocycles. The molecule has 0 saturated carbocycles. The van der Waals surface area contributed by atoms with E-state index >= 15 is 0 Å². The van der Waals surface area contributed by atoms with Crippen LogP contribution < -0.4 is 26.5 Å². The van der Waals surface area contributed by atoms with Crippen LogP contribution in [-0.2, 0) is 0 Å². The molecule has 0 radical (unpaired) electrons. The molecular formula is C11H21IN-. The molecule has 2 aliphatic rings. The Kier molecular flexibility index (Phi) is 2.90. The van der Waals surface area contributed by atoms with Crippen LogP contribution in [0.1, 0.15) is 51.9 Å². The molecule has 0 amide bonds. The summed E-state index contributed by atoms with van der Waals surface area (Å²) >= 11 is 0.374. The topological polar surface area (TPSA) is 12.0 Å². The molecule has 2 bridgehead atoms. The number of hydrogen-bond acceptors (Lipinski definition) is 1. The van der Waals surface area contributed by atoms with Crippen molar-refractivity contribution in [3.05, 3.63) is 0 Å². The second kappa shape index (κ2) is 3.69. The van der Waals surface area contributed by atoms with Crippen molar-refractivity contribution in [3.63, 3.8) is 0 Å². The van der Waals surface area contributed by atoms with E-state index in [1.54, 1.807) is 0 Å². The first-order chi connectivity index (χ1) is 6.24. The maximum absolute atomic E-state index is 4.03. The zero-order valence-corrected chi connectivity index (χ0v) is 11.0. The number of hydrogen-bond donors (Lipinski definition) is 1. The Hall–Kier alpha value is 0.690. The van der Waals surface area contributed by atoms with Gasteiger partial charge in [-0.1, -0.05) is 0 Å². The summed E-state index contributed by atoms with van der Waals surface area (Å²) in [6.45, 7) is 2.36. The molecule has 1 nitrogen and oxygen atoms in total. The molecule has 2 heteroatoms. The van der Waals surface area contributed by atoms with Crippen molar-refractivity contribution in [1.29, 1.82) is 0 Å². The Morgan fingerprint density at radius 1 is 1.15 bits per heavy atom. The number of fused-ring (bicyclic) bond motifs is 2. The number of alkyl halides is 2. The first kappa shape index (κ1) is 10.2. The molecule has 2 heterocycles. The van der Waals surface area contributed by atoms with E-state index in [1.165, 1.54) is 44.9 Å². The summed E-state index contributed by atoms with van der Waals surface area (Å²) < 4.78 is 0.644. The summed E-state index contributed by atoms with van der Waals surface area (Å²) in [5.74, 6) is 0. The van der Waals surface area contributed by atoms with Gasteiger partial charge in [0.05, 0.1) is 0 Å². The third kappa shape index (κ3) is 1.76. The summed E-state index contributed by atoms with van der Waals surface area (Å²) in [4.78, 5) is 2.46. The molecule has 13 heavy (non-hydrogen) atoms. The summed E-state index contributed by atoms with van der Waals surface area (Å²) in [6.07, 6.45) is 10.1. The van der Waals surface area contributed by atoms with Crippen molar-refractivity contribution in [3.8, 4) is 0 Å². The van der Waals surface area contributed by atoms with Crippen LogP contribution in [0.5, 0.6) is 0 Å². The summed E-state index contributed by atoms with van der Waals surface area (Å²) in [5.41, 5.74) is 0.562. The number of nitrogens with one attached hydrogen (secondary N) is 1. The van der Waals surface area contributed by atoms with Gasteiger partial charge < -0.3 is 0 Å². The van der Waals surface area contributed by atoms with Crippen molar-refractivity contribution in [2.24, 2.45) is 0 Å². The molecule has 2 rings (SSSR count). The van der Waals surface area contributed by atoms with E-state index in [0.717, 1.165) is 0 Å². The van der Waals surface area contributed by atoms with E-state index in [-0.39, 0.29) is 0 Å². The number of piperidine rings is 2. The van der Waals surface area contributed by atoms with E-state index in [1.807, 2.05) is 0 Å². The Labute approximate surface area is 92.3 Å². The minimum absolute atomic E-state index is 0.374. The van der Waals surface area contributed by atoms with Gasteiger partial charge in [0.15, 0.2) is 0 Å². The fourth-order valence-electron chi connectivity index (χ4n) is 3.07. The van der Waals surface area contributed by atoms with E-state index in [0.29, 0.717) is 30.3 Å². The van der Waals surface area contributed by atoms with Crippen molar-refractivity contribution < 1.29 is 21.2 Å². The molecule has 2 fully saturated rings. The van der Waals surface area contributed by atoms with Crippen LogP contribution in [0.4, 0.5) is 0 Å². The molecule has 78 valence electrons. The monoisotopic (exact) mass is 294 g/mol. The van der Waals surface area contributed by atoms with Gasteiger partial charge in [0, 0.05) is 0 Å². The average Bonchev–Trinajstić information content (AvgIpc) is 2.18. The Morgan fingerprint density at radius 3 is 2.23 bits per heavy atom. The van der Waals surface area contributed by atoms with Crippen LogP contribution in [0.25, 0.3) is 0 Å². The van der Waals surface area contributed by atoms with Gasteiger partial charge >= 0.3 is 92.4 Å². The zero-order valence-electron chi connectivity index (χ0n) is 8.83. The fraction of sp³-hybridized carbons (Fsp3) is 1.00. The second-order valence-electron chi connectivity index (χ2n) is 4.62. The van der Waals surface area contributed by atoms with Gasteiger partial charge in [-0.25, -0.2) is 0 Å². The third-order valence-corrected chi connectivity index (χ3v) is 7.40. The molecule has 0 spiro atoms. The van der Waals surface area contributed by atoms with Crippen LogP contribution >= 0.6 is 0 Å². The van der Waals surface area contributed by atoms with Crippen LogP contribution in [-0.4, -0.2) is 14.0 Å². The Balaban J connectivity index is 2.16. The van der Waals surface area contributed by atoms with E-state index in [9.17, 15) is 0 Å². The SMILES string of the molecule is CCC12CCCC([I-]C)(CCC1)N2. The van der Waals surface area contributed by atoms with Crippen molar-refractivity contribution >= 4 is 0 Å². The molecule has 0 aromatic carbocycles. The number of rotatable bonds is 2. The third-order valence-electron chi connectivity index (χ3n) is 3.98. The predicted octanol–water partition coefficient (Wildman–Crippen LogP) is -0.492. The summed E-state index contributed by atoms with van der Waals surface area (Å²) in [6, 6.07) is 0. The normalized spacial score (nSPS) is 45.1. The van der Waals surface area contributed by atoms with Crippen LogP contribution in [0.3, 0.4) is 0 Å². The maximum atomic E-state index is 4.03. The van der Waals surface area contributed by atoms with E-state index < -0.39 is 0 Å². The quantitative estimate of drug-likeness (QED) is 0.412. The van der Waals surface area contributed by atoms with Gasteiger partial charge in [0.25, 0.3) is 0 Å². The standard InChI is InChI=1S/C11H21IN/c1-3-10-6-4-8-11(12-2,13-10)9-5-7-10/h13H,3-9H2,1-2H3/q-1. The fourth-order valence-corrected chi connectivity index (χ4v) is 5.75.